The molecule has 0 aromatic heterocycles. The van der Waals surface area contributed by atoms with Crippen LogP contribution in [0.5, 0.6) is 0 Å². The first-order chi connectivity index (χ1) is 3.41. The van der Waals surface area contributed by atoms with Crippen molar-refractivity contribution in [2.45, 2.75) is 13.8 Å². The smallest absolute Gasteiger partial charge is 0.00775 e. The Labute approximate surface area is 56.6 Å². The highest BCUT2D eigenvalue weighted by Crippen LogP contribution is 1.47. The van der Waals surface area contributed by atoms with Gasteiger partial charge >= 0.3 is 0 Å². The van der Waals surface area contributed by atoms with Gasteiger partial charge in [-0.3, -0.25) is 0 Å². The van der Waals surface area contributed by atoms with Crippen molar-refractivity contribution in [3.63, 3.8) is 0 Å². The summed E-state index contributed by atoms with van der Waals surface area (Å²) in [5.41, 5.74) is 0. The first-order valence-electron chi connectivity index (χ1n) is 2.38. The first kappa shape index (κ1) is 15.7. The van der Waals surface area contributed by atoms with Gasteiger partial charge in [0.25, 0.3) is 0 Å². The van der Waals surface area contributed by atoms with Gasteiger partial charge in [0.05, 0.1) is 0 Å². The predicted octanol–water partition coefficient (Wildman–Crippen LogP) is 0.372. The van der Waals surface area contributed by atoms with E-state index in [1.807, 2.05) is 0 Å². The second kappa shape index (κ2) is 27.2. The fourth-order valence-electron chi connectivity index (χ4n) is 0.250. The lowest BCUT2D eigenvalue weighted by molar-refractivity contribution is 0.311. The lowest BCUT2D eigenvalue weighted by Crippen LogP contribution is -2.09. The molecule has 0 radical (unpaired) electrons. The molecule has 0 rings (SSSR count). The van der Waals surface area contributed by atoms with Crippen LogP contribution in [0.1, 0.15) is 13.8 Å². The molecular weight excluding hydrogens is 128 g/mol. The van der Waals surface area contributed by atoms with Crippen molar-refractivity contribution >= 4 is 12.4 Å². The van der Waals surface area contributed by atoms with Crippen LogP contribution in [0.4, 0.5) is 0 Å². The van der Waals surface area contributed by atoms with Crippen LogP contribution in [0, 0.1) is 0 Å². The van der Waals surface area contributed by atoms with Crippen LogP contribution in [-0.2, 0) is 0 Å². The molecule has 0 aromatic rings. The molecule has 8 heavy (non-hydrogen) atoms. The molecule has 0 unspecified atom stereocenters. The molecule has 4 N–H and O–H groups in total. The van der Waals surface area contributed by atoms with Gasteiger partial charge in [-0.2, -0.15) is 0 Å². The van der Waals surface area contributed by atoms with E-state index in [2.05, 4.69) is 25.1 Å². The Morgan fingerprint density at radius 3 is 1.50 bits per heavy atom. The lowest BCUT2D eigenvalue weighted by Gasteiger charge is -1.86. The van der Waals surface area contributed by atoms with Gasteiger partial charge in [-0.25, -0.2) is 5.90 Å². The Morgan fingerprint density at radius 2 is 1.50 bits per heavy atom. The highest BCUT2D eigenvalue weighted by atomic mass is 35.5. The standard InChI is InChI=1S/C4H11N.ClH.H3NO/c1-3-5-4-2;;1-2/h5H,3-4H2,1-2H3;1H;2H,1H2. The predicted molar refractivity (Wildman–Crippen MR) is 37.4 cm³/mol. The molecule has 0 atom stereocenters. The average molecular weight is 143 g/mol. The molecule has 0 spiro atoms. The fraction of sp³-hybridized carbons (Fsp3) is 1.00. The highest BCUT2D eigenvalue weighted by Gasteiger charge is 1.62. The van der Waals surface area contributed by atoms with Crippen molar-refractivity contribution in [1.29, 1.82) is 0 Å². The van der Waals surface area contributed by atoms with Crippen LogP contribution in [0.3, 0.4) is 0 Å². The summed E-state index contributed by atoms with van der Waals surface area (Å²) in [6.45, 7) is 6.39. The Kier molecular flexibility index (Phi) is 53.4. The average Bonchev–Trinajstić information content (AvgIpc) is 1.75. The zero-order valence-electron chi connectivity index (χ0n) is 5.35. The maximum atomic E-state index is 6.50. The van der Waals surface area contributed by atoms with E-state index in [4.69, 9.17) is 5.21 Å². The number of rotatable bonds is 2. The van der Waals surface area contributed by atoms with Gasteiger partial charge < -0.3 is 10.5 Å². The van der Waals surface area contributed by atoms with E-state index in [9.17, 15) is 0 Å². The highest BCUT2D eigenvalue weighted by molar-refractivity contribution is 5.85. The molecule has 4 heteroatoms. The summed E-state index contributed by atoms with van der Waals surface area (Å²) < 4.78 is 0. The molecule has 0 heterocycles. The summed E-state index contributed by atoms with van der Waals surface area (Å²) in [6.07, 6.45) is 0. The third-order valence-electron chi connectivity index (χ3n) is 0.500. The van der Waals surface area contributed by atoms with Gasteiger partial charge in [-0.1, -0.05) is 13.8 Å². The topological polar surface area (TPSA) is 58.3 Å². The van der Waals surface area contributed by atoms with Crippen LogP contribution in [0.25, 0.3) is 0 Å². The molecule has 0 fully saturated rings. The first-order valence-corrected chi connectivity index (χ1v) is 2.38. The van der Waals surface area contributed by atoms with E-state index in [-0.39, 0.29) is 12.4 Å². The molecule has 3 nitrogen and oxygen atoms in total. The minimum Gasteiger partial charge on any atom is -0.320 e. The number of nitrogens with one attached hydrogen (secondary N) is 1. The number of halogens is 1. The maximum absolute atomic E-state index is 6.50. The summed E-state index contributed by atoms with van der Waals surface area (Å²) in [5.74, 6) is 3.50. The third kappa shape index (κ3) is 35.0. The van der Waals surface area contributed by atoms with E-state index < -0.39 is 0 Å². The van der Waals surface area contributed by atoms with Gasteiger partial charge in [0.15, 0.2) is 0 Å². The molecular formula is C4H15ClN2O. The Balaban J connectivity index is -0.0000000750. The van der Waals surface area contributed by atoms with Crippen LogP contribution in [0.2, 0.25) is 0 Å². The van der Waals surface area contributed by atoms with Crippen molar-refractivity contribution in [2.24, 2.45) is 5.90 Å². The zero-order chi connectivity index (χ0) is 6.12. The monoisotopic (exact) mass is 142 g/mol. The van der Waals surface area contributed by atoms with Crippen molar-refractivity contribution in [3.05, 3.63) is 0 Å². The summed E-state index contributed by atoms with van der Waals surface area (Å²) in [7, 11) is 0. The molecule has 0 aliphatic carbocycles. The van der Waals surface area contributed by atoms with E-state index in [1.54, 1.807) is 0 Å². The Bertz CT molecular complexity index is 21.5. The van der Waals surface area contributed by atoms with Gasteiger partial charge in [-0.15, -0.1) is 12.4 Å². The Hall–Kier alpha value is 0.170. The molecule has 0 aromatic carbocycles. The molecule has 0 bridgehead atoms. The summed E-state index contributed by atoms with van der Waals surface area (Å²) in [5, 5.41) is 9.61. The fourth-order valence-corrected chi connectivity index (χ4v) is 0.250. The molecule has 0 aliphatic heterocycles. The Morgan fingerprint density at radius 1 is 1.25 bits per heavy atom. The molecule has 0 aliphatic rings. The summed E-state index contributed by atoms with van der Waals surface area (Å²) >= 11 is 0. The van der Waals surface area contributed by atoms with Gasteiger partial charge in [-0.05, 0) is 13.1 Å². The number of nitrogens with two attached hydrogens (primary N) is 1. The summed E-state index contributed by atoms with van der Waals surface area (Å²) in [4.78, 5) is 0. The van der Waals surface area contributed by atoms with Crippen molar-refractivity contribution in [2.75, 3.05) is 13.1 Å². The summed E-state index contributed by atoms with van der Waals surface area (Å²) in [6, 6.07) is 0. The van der Waals surface area contributed by atoms with E-state index in [1.165, 1.54) is 0 Å². The van der Waals surface area contributed by atoms with Gasteiger partial charge in [0.1, 0.15) is 0 Å². The van der Waals surface area contributed by atoms with Crippen LogP contribution >= 0.6 is 12.4 Å². The molecule has 54 valence electrons. The molecule has 0 saturated heterocycles. The largest absolute Gasteiger partial charge is 0.320 e. The lowest BCUT2D eigenvalue weighted by atomic mass is 10.7. The zero-order valence-corrected chi connectivity index (χ0v) is 6.16. The van der Waals surface area contributed by atoms with E-state index in [0.29, 0.717) is 0 Å². The minimum atomic E-state index is 0. The SMILES string of the molecule is CCNCC.Cl.NO. The van der Waals surface area contributed by atoms with Crippen LogP contribution in [0.15, 0.2) is 0 Å². The van der Waals surface area contributed by atoms with E-state index in [0.717, 1.165) is 13.1 Å². The molecule has 0 amide bonds. The van der Waals surface area contributed by atoms with Gasteiger partial charge in [0, 0.05) is 0 Å². The number of hydrogen-bond acceptors (Lipinski definition) is 3. The molecule has 0 saturated carbocycles. The van der Waals surface area contributed by atoms with Crippen LogP contribution < -0.4 is 11.2 Å². The van der Waals surface area contributed by atoms with Crippen molar-refractivity contribution < 1.29 is 5.21 Å². The normalized spacial score (nSPS) is 6.00. The van der Waals surface area contributed by atoms with Crippen molar-refractivity contribution in [3.8, 4) is 0 Å². The third-order valence-corrected chi connectivity index (χ3v) is 0.500. The van der Waals surface area contributed by atoms with Crippen LogP contribution in [-0.4, -0.2) is 18.3 Å². The quantitative estimate of drug-likeness (QED) is 0.489. The van der Waals surface area contributed by atoms with Gasteiger partial charge in [0.2, 0.25) is 0 Å². The second-order valence-corrected chi connectivity index (χ2v) is 0.957. The van der Waals surface area contributed by atoms with Crippen molar-refractivity contribution in [1.82, 2.24) is 5.32 Å². The number of hydrogen-bond donors (Lipinski definition) is 3. The van der Waals surface area contributed by atoms with E-state index >= 15 is 0 Å². The maximum Gasteiger partial charge on any atom is -0.00775 e. The second-order valence-electron chi connectivity index (χ2n) is 0.957. The minimum absolute atomic E-state index is 0.